The predicted molar refractivity (Wildman–Crippen MR) is 260 cm³/mol. The molecule has 0 N–H and O–H groups in total. The Labute approximate surface area is 357 Å². The van der Waals surface area contributed by atoms with Crippen LogP contribution in [0.1, 0.15) is 18.9 Å². The summed E-state index contributed by atoms with van der Waals surface area (Å²) < 4.78 is 2.44. The summed E-state index contributed by atoms with van der Waals surface area (Å²) in [6.45, 7) is 2.31. The van der Waals surface area contributed by atoms with Crippen molar-refractivity contribution in [2.45, 2.75) is 13.3 Å². The lowest BCUT2D eigenvalue weighted by atomic mass is 9.90. The molecule has 0 bridgehead atoms. The van der Waals surface area contributed by atoms with Gasteiger partial charge in [-0.25, -0.2) is 0 Å². The normalized spacial score (nSPS) is 13.8. The molecular formula is C59H44N2. The Morgan fingerprint density at radius 1 is 0.443 bits per heavy atom. The molecule has 0 saturated heterocycles. The van der Waals surface area contributed by atoms with Gasteiger partial charge < -0.3 is 9.47 Å². The van der Waals surface area contributed by atoms with Gasteiger partial charge in [0.1, 0.15) is 0 Å². The first-order valence-corrected chi connectivity index (χ1v) is 21.3. The lowest BCUT2D eigenvalue weighted by Crippen LogP contribution is -2.10. The zero-order valence-corrected chi connectivity index (χ0v) is 34.1. The van der Waals surface area contributed by atoms with E-state index in [2.05, 4.69) is 247 Å². The Hall–Kier alpha value is -7.68. The van der Waals surface area contributed by atoms with Crippen LogP contribution in [0.4, 0.5) is 17.1 Å². The largest absolute Gasteiger partial charge is 0.310 e. The van der Waals surface area contributed by atoms with E-state index in [0.29, 0.717) is 5.92 Å². The van der Waals surface area contributed by atoms with Crippen molar-refractivity contribution in [1.82, 2.24) is 4.57 Å². The van der Waals surface area contributed by atoms with Crippen LogP contribution in [0.3, 0.4) is 0 Å². The molecule has 0 spiro atoms. The van der Waals surface area contributed by atoms with Crippen molar-refractivity contribution in [3.8, 4) is 39.1 Å². The van der Waals surface area contributed by atoms with Crippen LogP contribution in [0.2, 0.25) is 0 Å². The smallest absolute Gasteiger partial charge is 0.0553 e. The average molecular weight is 781 g/mol. The Bertz CT molecular complexity index is 3260. The average Bonchev–Trinajstić information content (AvgIpc) is 3.67. The van der Waals surface area contributed by atoms with Crippen molar-refractivity contribution in [3.05, 3.63) is 236 Å². The van der Waals surface area contributed by atoms with E-state index >= 15 is 0 Å². The highest BCUT2D eigenvalue weighted by Crippen LogP contribution is 2.44. The minimum absolute atomic E-state index is 0.483. The molecule has 0 radical (unpaired) electrons. The van der Waals surface area contributed by atoms with Crippen LogP contribution in [0.5, 0.6) is 0 Å². The van der Waals surface area contributed by atoms with E-state index < -0.39 is 0 Å². The highest BCUT2D eigenvalue weighted by molar-refractivity contribution is 6.17. The van der Waals surface area contributed by atoms with E-state index in [4.69, 9.17) is 0 Å². The van der Waals surface area contributed by atoms with Crippen LogP contribution in [-0.2, 0) is 0 Å². The van der Waals surface area contributed by atoms with Gasteiger partial charge in [0.15, 0.2) is 0 Å². The number of para-hydroxylation sites is 2. The summed E-state index contributed by atoms with van der Waals surface area (Å²) in [5, 5.41) is 5.00. The van der Waals surface area contributed by atoms with Crippen LogP contribution in [0.15, 0.2) is 231 Å². The molecule has 0 amide bonds. The molecule has 0 saturated carbocycles. The molecule has 1 aliphatic rings. The maximum absolute atomic E-state index is 2.44. The van der Waals surface area contributed by atoms with Gasteiger partial charge >= 0.3 is 0 Å². The first kappa shape index (κ1) is 36.4. The first-order valence-electron chi connectivity index (χ1n) is 21.3. The first-order chi connectivity index (χ1) is 30.1. The summed E-state index contributed by atoms with van der Waals surface area (Å²) in [7, 11) is 0. The number of aromatic nitrogens is 1. The second-order valence-electron chi connectivity index (χ2n) is 16.3. The van der Waals surface area contributed by atoms with Crippen molar-refractivity contribution in [3.63, 3.8) is 0 Å². The molecule has 9 aromatic carbocycles. The number of hydrogen-bond acceptors (Lipinski definition) is 1. The van der Waals surface area contributed by atoms with Gasteiger partial charge in [0.25, 0.3) is 0 Å². The predicted octanol–water partition coefficient (Wildman–Crippen LogP) is 16.4. The van der Waals surface area contributed by atoms with Crippen molar-refractivity contribution in [2.24, 2.45) is 5.92 Å². The highest BCUT2D eigenvalue weighted by Gasteiger charge is 2.21. The molecule has 1 atom stereocenters. The number of benzene rings is 9. The van der Waals surface area contributed by atoms with Gasteiger partial charge in [-0.15, -0.1) is 0 Å². The van der Waals surface area contributed by atoms with Crippen molar-refractivity contribution >= 4 is 55.2 Å². The third-order valence-corrected chi connectivity index (χ3v) is 12.2. The van der Waals surface area contributed by atoms with Gasteiger partial charge in [-0.1, -0.05) is 165 Å². The van der Waals surface area contributed by atoms with Gasteiger partial charge in [0, 0.05) is 33.5 Å². The summed E-state index contributed by atoms with van der Waals surface area (Å²) >= 11 is 0. The number of rotatable bonds is 8. The van der Waals surface area contributed by atoms with Crippen molar-refractivity contribution in [1.29, 1.82) is 0 Å². The zero-order valence-electron chi connectivity index (χ0n) is 34.1. The number of anilines is 3. The molecule has 10 aromatic rings. The van der Waals surface area contributed by atoms with Gasteiger partial charge in [-0.3, -0.25) is 0 Å². The number of allylic oxidation sites excluding steroid dienone is 4. The molecule has 2 nitrogen and oxygen atoms in total. The van der Waals surface area contributed by atoms with E-state index in [-0.39, 0.29) is 0 Å². The summed E-state index contributed by atoms with van der Waals surface area (Å²) in [5.41, 5.74) is 16.6. The molecule has 0 fully saturated rings. The summed E-state index contributed by atoms with van der Waals surface area (Å²) in [6.07, 6.45) is 8.12. The Morgan fingerprint density at radius 2 is 1.07 bits per heavy atom. The molecule has 290 valence electrons. The van der Waals surface area contributed by atoms with E-state index in [0.717, 1.165) is 29.2 Å². The maximum atomic E-state index is 2.44. The van der Waals surface area contributed by atoms with Crippen LogP contribution in [0, 0.1) is 5.92 Å². The topological polar surface area (TPSA) is 8.17 Å². The lowest BCUT2D eigenvalue weighted by molar-refractivity contribution is 0.740. The molecular weight excluding hydrogens is 737 g/mol. The van der Waals surface area contributed by atoms with Crippen LogP contribution in [0.25, 0.3) is 77.2 Å². The number of nitrogens with zero attached hydrogens (tertiary/aromatic N) is 2. The molecule has 1 heterocycles. The minimum Gasteiger partial charge on any atom is -0.310 e. The summed E-state index contributed by atoms with van der Waals surface area (Å²) in [4.78, 5) is 2.39. The quantitative estimate of drug-likeness (QED) is 0.149. The summed E-state index contributed by atoms with van der Waals surface area (Å²) in [5.74, 6) is 0.483. The van der Waals surface area contributed by atoms with Crippen LogP contribution in [-0.4, -0.2) is 4.57 Å². The zero-order chi connectivity index (χ0) is 40.7. The monoisotopic (exact) mass is 780 g/mol. The van der Waals surface area contributed by atoms with Gasteiger partial charge in [0.05, 0.1) is 11.0 Å². The fraction of sp³-hybridized carbons (Fsp3) is 0.0508. The standard InChI is InChI=1S/C59H44N2/c1-41-14-12-19-46(36-41)50-39-56(59-55-24-10-11-25-57(55)61(58(59)40-50)51-21-6-3-7-22-51)49-20-13-23-54(38-49)60(52-32-28-44(29-33-52)42-15-4-2-5-16-42)53-34-30-45(31-35-53)48-27-26-43-17-8-9-18-47(43)37-48/h2-13,15-41H,14H2,1H3. The van der Waals surface area contributed by atoms with E-state index in [9.17, 15) is 0 Å². The second-order valence-corrected chi connectivity index (χ2v) is 16.3. The Balaban J connectivity index is 1.09. The van der Waals surface area contributed by atoms with Crippen LogP contribution >= 0.6 is 0 Å². The van der Waals surface area contributed by atoms with E-state index in [1.54, 1.807) is 0 Å². The Kier molecular flexibility index (Phi) is 9.24. The van der Waals surface area contributed by atoms with E-state index in [1.807, 2.05) is 0 Å². The number of hydrogen-bond donors (Lipinski definition) is 0. The van der Waals surface area contributed by atoms with E-state index in [1.165, 1.54) is 77.1 Å². The third-order valence-electron chi connectivity index (χ3n) is 12.2. The van der Waals surface area contributed by atoms with Gasteiger partial charge in [-0.05, 0) is 140 Å². The summed E-state index contributed by atoms with van der Waals surface area (Å²) in [6, 6.07) is 77.5. The molecule has 1 unspecified atom stereocenters. The van der Waals surface area contributed by atoms with Crippen LogP contribution < -0.4 is 4.90 Å². The number of fused-ring (bicyclic) bond motifs is 4. The molecule has 11 rings (SSSR count). The van der Waals surface area contributed by atoms with Crippen molar-refractivity contribution in [2.75, 3.05) is 4.90 Å². The van der Waals surface area contributed by atoms with Gasteiger partial charge in [0.2, 0.25) is 0 Å². The molecule has 2 heteroatoms. The minimum atomic E-state index is 0.483. The molecule has 1 aliphatic carbocycles. The third kappa shape index (κ3) is 6.83. The van der Waals surface area contributed by atoms with Crippen molar-refractivity contribution < 1.29 is 0 Å². The van der Waals surface area contributed by atoms with Gasteiger partial charge in [-0.2, -0.15) is 0 Å². The Morgan fingerprint density at radius 3 is 1.82 bits per heavy atom. The molecule has 0 aliphatic heterocycles. The fourth-order valence-electron chi connectivity index (χ4n) is 9.24. The maximum Gasteiger partial charge on any atom is 0.0553 e. The lowest BCUT2D eigenvalue weighted by Gasteiger charge is -2.26. The second kappa shape index (κ2) is 15.5. The highest BCUT2D eigenvalue weighted by atomic mass is 15.1. The SMILES string of the molecule is CC1C=C(c2cc(-c3cccc(N(c4ccc(-c5ccccc5)cc4)c4ccc(-c5ccc6ccccc6c5)cc4)c3)c3c4ccccc4n(-c4ccccc4)c3c2)C=CC1. The molecule has 1 aromatic heterocycles. The molecule has 61 heavy (non-hydrogen) atoms. The fourth-order valence-corrected chi connectivity index (χ4v) is 9.24.